The Kier molecular flexibility index (Phi) is 4.71. The minimum Gasteiger partial charge on any atom is -0.484 e. The minimum atomic E-state index is -1.02. The fourth-order valence-corrected chi connectivity index (χ4v) is 1.64. The molecule has 0 heterocycles. The highest BCUT2D eigenvalue weighted by atomic mass is 19.2. The molecule has 0 unspecified atom stereocenters. The van der Waals surface area contributed by atoms with Crippen molar-refractivity contribution in [2.75, 3.05) is 24.3 Å². The van der Waals surface area contributed by atoms with E-state index in [1.807, 2.05) is 12.1 Å². The maximum atomic E-state index is 13.0. The number of hydrogen-bond donors (Lipinski definition) is 2. The van der Waals surface area contributed by atoms with E-state index >= 15 is 0 Å². The predicted octanol–water partition coefficient (Wildman–Crippen LogP) is 3.02. The van der Waals surface area contributed by atoms with E-state index in [1.54, 1.807) is 19.2 Å². The Balaban J connectivity index is 1.87. The van der Waals surface area contributed by atoms with Crippen LogP contribution in [0.25, 0.3) is 0 Å². The molecule has 0 radical (unpaired) electrons. The molecule has 110 valence electrons. The summed E-state index contributed by atoms with van der Waals surface area (Å²) >= 11 is 0. The third-order valence-electron chi connectivity index (χ3n) is 2.72. The lowest BCUT2D eigenvalue weighted by molar-refractivity contribution is -0.118. The molecule has 2 rings (SSSR count). The first-order valence-corrected chi connectivity index (χ1v) is 6.24. The van der Waals surface area contributed by atoms with Gasteiger partial charge in [0.1, 0.15) is 5.75 Å². The topological polar surface area (TPSA) is 50.4 Å². The zero-order valence-corrected chi connectivity index (χ0v) is 11.3. The molecule has 4 nitrogen and oxygen atoms in total. The molecule has 0 fully saturated rings. The van der Waals surface area contributed by atoms with Crippen molar-refractivity contribution in [3.63, 3.8) is 0 Å². The monoisotopic (exact) mass is 292 g/mol. The van der Waals surface area contributed by atoms with Gasteiger partial charge in [0, 0.05) is 24.5 Å². The summed E-state index contributed by atoms with van der Waals surface area (Å²) in [6.07, 6.45) is 0. The molecule has 0 atom stereocenters. The van der Waals surface area contributed by atoms with Crippen LogP contribution in [0.1, 0.15) is 0 Å². The van der Waals surface area contributed by atoms with Crippen molar-refractivity contribution in [1.29, 1.82) is 0 Å². The molecule has 2 aromatic rings. The van der Waals surface area contributed by atoms with Gasteiger partial charge in [0.05, 0.1) is 0 Å². The van der Waals surface area contributed by atoms with Crippen molar-refractivity contribution >= 4 is 17.3 Å². The predicted molar refractivity (Wildman–Crippen MR) is 76.5 cm³/mol. The van der Waals surface area contributed by atoms with E-state index in [1.165, 1.54) is 6.07 Å². The van der Waals surface area contributed by atoms with Crippen molar-refractivity contribution in [1.82, 2.24) is 0 Å². The minimum absolute atomic E-state index is 0.174. The lowest BCUT2D eigenvalue weighted by Gasteiger charge is -2.08. The third kappa shape index (κ3) is 4.17. The highest BCUT2D eigenvalue weighted by molar-refractivity contribution is 5.91. The van der Waals surface area contributed by atoms with Crippen LogP contribution in [-0.4, -0.2) is 19.6 Å². The number of nitrogens with one attached hydrogen (secondary N) is 2. The van der Waals surface area contributed by atoms with Gasteiger partial charge in [0.25, 0.3) is 5.91 Å². The van der Waals surface area contributed by atoms with Gasteiger partial charge in [-0.05, 0) is 36.4 Å². The van der Waals surface area contributed by atoms with Gasteiger partial charge >= 0.3 is 0 Å². The molecule has 0 bridgehead atoms. The summed E-state index contributed by atoms with van der Waals surface area (Å²) in [7, 11) is 1.80. The van der Waals surface area contributed by atoms with Crippen LogP contribution in [0.3, 0.4) is 0 Å². The molecule has 2 N–H and O–H groups in total. The fourth-order valence-electron chi connectivity index (χ4n) is 1.64. The van der Waals surface area contributed by atoms with Gasteiger partial charge in [0.15, 0.2) is 18.2 Å². The molecular formula is C15H14F2N2O2. The standard InChI is InChI=1S/C15H14F2N2O2/c1-18-10-2-5-12(6-3-10)21-9-15(20)19-11-4-7-13(16)14(17)8-11/h2-8,18H,9H2,1H3,(H,19,20). The lowest BCUT2D eigenvalue weighted by atomic mass is 10.3. The lowest BCUT2D eigenvalue weighted by Crippen LogP contribution is -2.20. The second kappa shape index (κ2) is 6.69. The number of hydrogen-bond acceptors (Lipinski definition) is 3. The van der Waals surface area contributed by atoms with Crippen LogP contribution >= 0.6 is 0 Å². The summed E-state index contributed by atoms with van der Waals surface area (Å²) < 4.78 is 31.0. The van der Waals surface area contributed by atoms with Gasteiger partial charge in [-0.25, -0.2) is 8.78 Å². The zero-order chi connectivity index (χ0) is 15.2. The summed E-state index contributed by atoms with van der Waals surface area (Å²) in [5, 5.41) is 5.38. The van der Waals surface area contributed by atoms with Crippen molar-refractivity contribution in [2.45, 2.75) is 0 Å². The van der Waals surface area contributed by atoms with Crippen molar-refractivity contribution in [2.24, 2.45) is 0 Å². The molecule has 0 saturated carbocycles. The fraction of sp³-hybridized carbons (Fsp3) is 0.133. The van der Waals surface area contributed by atoms with E-state index < -0.39 is 17.5 Å². The van der Waals surface area contributed by atoms with E-state index in [-0.39, 0.29) is 12.3 Å². The summed E-state index contributed by atoms with van der Waals surface area (Å²) in [6, 6.07) is 10.2. The summed E-state index contributed by atoms with van der Waals surface area (Å²) in [6.45, 7) is -0.224. The van der Waals surface area contributed by atoms with Gasteiger partial charge < -0.3 is 15.4 Å². The van der Waals surface area contributed by atoms with Gasteiger partial charge in [-0.3, -0.25) is 4.79 Å². The van der Waals surface area contributed by atoms with E-state index in [2.05, 4.69) is 10.6 Å². The number of rotatable bonds is 5. The van der Waals surface area contributed by atoms with Gasteiger partial charge in [-0.1, -0.05) is 0 Å². The molecule has 6 heteroatoms. The Morgan fingerprint density at radius 2 is 1.71 bits per heavy atom. The Labute approximate surface area is 120 Å². The van der Waals surface area contributed by atoms with Gasteiger partial charge in [-0.15, -0.1) is 0 Å². The average molecular weight is 292 g/mol. The summed E-state index contributed by atoms with van der Waals surface area (Å²) in [5.41, 5.74) is 1.10. The molecule has 0 aliphatic carbocycles. The van der Waals surface area contributed by atoms with Crippen LogP contribution < -0.4 is 15.4 Å². The number of carbonyl (C=O) groups is 1. The Morgan fingerprint density at radius 3 is 2.33 bits per heavy atom. The zero-order valence-electron chi connectivity index (χ0n) is 11.3. The first-order chi connectivity index (χ1) is 10.1. The van der Waals surface area contributed by atoms with E-state index in [9.17, 15) is 13.6 Å². The van der Waals surface area contributed by atoms with E-state index in [4.69, 9.17) is 4.74 Å². The molecule has 0 aliphatic rings. The molecule has 21 heavy (non-hydrogen) atoms. The molecule has 0 aliphatic heterocycles. The number of halogens is 2. The van der Waals surface area contributed by atoms with Crippen molar-refractivity contribution < 1.29 is 18.3 Å². The average Bonchev–Trinajstić information content (AvgIpc) is 2.49. The van der Waals surface area contributed by atoms with E-state index in [0.717, 1.165) is 17.8 Å². The molecular weight excluding hydrogens is 278 g/mol. The third-order valence-corrected chi connectivity index (χ3v) is 2.72. The molecule has 0 spiro atoms. The van der Waals surface area contributed by atoms with Gasteiger partial charge in [-0.2, -0.15) is 0 Å². The molecule has 1 amide bonds. The Morgan fingerprint density at radius 1 is 1.05 bits per heavy atom. The highest BCUT2D eigenvalue weighted by Crippen LogP contribution is 2.16. The van der Waals surface area contributed by atoms with Crippen LogP contribution in [0.2, 0.25) is 0 Å². The molecule has 0 saturated heterocycles. The number of amides is 1. The molecule has 2 aromatic carbocycles. The first-order valence-electron chi connectivity index (χ1n) is 6.24. The second-order valence-corrected chi connectivity index (χ2v) is 4.24. The SMILES string of the molecule is CNc1ccc(OCC(=O)Nc2ccc(F)c(F)c2)cc1. The quantitative estimate of drug-likeness (QED) is 0.890. The maximum absolute atomic E-state index is 13.0. The summed E-state index contributed by atoms with van der Waals surface area (Å²) in [4.78, 5) is 11.6. The van der Waals surface area contributed by atoms with Crippen LogP contribution in [0.5, 0.6) is 5.75 Å². The number of anilines is 2. The Bertz CT molecular complexity index is 630. The van der Waals surface area contributed by atoms with Crippen molar-refractivity contribution in [3.05, 3.63) is 54.1 Å². The van der Waals surface area contributed by atoms with Crippen LogP contribution in [-0.2, 0) is 4.79 Å². The number of carbonyl (C=O) groups excluding carboxylic acids is 1. The smallest absolute Gasteiger partial charge is 0.262 e. The van der Waals surface area contributed by atoms with Gasteiger partial charge in [0.2, 0.25) is 0 Å². The maximum Gasteiger partial charge on any atom is 0.262 e. The number of ether oxygens (including phenoxy) is 1. The first kappa shape index (κ1) is 14.8. The van der Waals surface area contributed by atoms with Crippen LogP contribution in [0, 0.1) is 11.6 Å². The van der Waals surface area contributed by atoms with Crippen LogP contribution in [0.15, 0.2) is 42.5 Å². The normalized spacial score (nSPS) is 10.0. The number of benzene rings is 2. The van der Waals surface area contributed by atoms with Crippen molar-refractivity contribution in [3.8, 4) is 5.75 Å². The second-order valence-electron chi connectivity index (χ2n) is 4.24. The van der Waals surface area contributed by atoms with E-state index in [0.29, 0.717) is 5.75 Å². The highest BCUT2D eigenvalue weighted by Gasteiger charge is 2.07. The van der Waals surface area contributed by atoms with Crippen LogP contribution in [0.4, 0.5) is 20.2 Å². The Hall–Kier alpha value is -2.63. The largest absolute Gasteiger partial charge is 0.484 e. The molecule has 0 aromatic heterocycles. The summed E-state index contributed by atoms with van der Waals surface area (Å²) in [5.74, 6) is -1.90.